The number of hydrogen-bond acceptors (Lipinski definition) is 1. The third kappa shape index (κ3) is 3.65. The summed E-state index contributed by atoms with van der Waals surface area (Å²) in [4.78, 5) is 0. The second kappa shape index (κ2) is 7.74. The van der Waals surface area contributed by atoms with Gasteiger partial charge in [-0.25, -0.2) is 0 Å². The van der Waals surface area contributed by atoms with Crippen LogP contribution in [0.2, 0.25) is 0 Å². The Kier molecular flexibility index (Phi) is 4.90. The minimum Gasteiger partial charge on any atom is -0.383 e. The lowest BCUT2D eigenvalue weighted by Crippen LogP contribution is -2.09. The van der Waals surface area contributed by atoms with Gasteiger partial charge in [0.2, 0.25) is 0 Å². The maximum absolute atomic E-state index is 3.55. The Morgan fingerprint density at radius 2 is 1.23 bits per heavy atom. The molecule has 1 nitrogen and oxygen atoms in total. The van der Waals surface area contributed by atoms with E-state index in [1.165, 1.54) is 61.3 Å². The molecule has 0 aliphatic heterocycles. The predicted octanol–water partition coefficient (Wildman–Crippen LogP) is 8.03. The fraction of sp³-hybridized carbons (Fsp3) is 0.200. The van der Waals surface area contributed by atoms with Crippen LogP contribution in [0.4, 0.5) is 5.69 Å². The van der Waals surface area contributed by atoms with E-state index < -0.39 is 0 Å². The molecule has 0 unspecified atom stereocenters. The molecule has 0 amide bonds. The summed E-state index contributed by atoms with van der Waals surface area (Å²) < 4.78 is 0. The zero-order chi connectivity index (χ0) is 21.5. The highest BCUT2D eigenvalue weighted by Crippen LogP contribution is 2.41. The van der Waals surface area contributed by atoms with Gasteiger partial charge in [-0.2, -0.15) is 0 Å². The summed E-state index contributed by atoms with van der Waals surface area (Å²) in [7, 11) is 0. The predicted molar refractivity (Wildman–Crippen MR) is 134 cm³/mol. The number of anilines is 1. The van der Waals surface area contributed by atoms with Gasteiger partial charge in [0.15, 0.2) is 0 Å². The third-order valence-corrected chi connectivity index (χ3v) is 6.35. The zero-order valence-corrected chi connectivity index (χ0v) is 18.8. The average molecular weight is 404 g/mol. The smallest absolute Gasteiger partial charge is 0.0348 e. The van der Waals surface area contributed by atoms with Crippen LogP contribution >= 0.6 is 0 Å². The molecule has 0 fully saturated rings. The van der Waals surface area contributed by atoms with E-state index in [2.05, 4.69) is 112 Å². The van der Waals surface area contributed by atoms with E-state index in [0.29, 0.717) is 6.04 Å². The van der Waals surface area contributed by atoms with E-state index in [1.54, 1.807) is 0 Å². The molecule has 1 aliphatic rings. The minimum atomic E-state index is 0.428. The summed E-state index contributed by atoms with van der Waals surface area (Å²) in [5.74, 6) is 0. The van der Waals surface area contributed by atoms with Crippen LogP contribution in [-0.4, -0.2) is 6.04 Å². The van der Waals surface area contributed by atoms with Gasteiger partial charge in [0.1, 0.15) is 0 Å². The Morgan fingerprint density at radius 1 is 0.613 bits per heavy atom. The molecule has 0 heterocycles. The lowest BCUT2D eigenvalue weighted by atomic mass is 9.92. The number of benzene rings is 4. The van der Waals surface area contributed by atoms with Crippen molar-refractivity contribution in [3.63, 3.8) is 0 Å². The molecule has 5 rings (SSSR count). The largest absolute Gasteiger partial charge is 0.383 e. The van der Waals surface area contributed by atoms with Crippen molar-refractivity contribution in [2.45, 2.75) is 40.2 Å². The maximum Gasteiger partial charge on any atom is 0.0348 e. The van der Waals surface area contributed by atoms with Crippen LogP contribution in [0.25, 0.3) is 33.4 Å². The third-order valence-electron chi connectivity index (χ3n) is 6.35. The molecule has 4 aromatic carbocycles. The van der Waals surface area contributed by atoms with Crippen molar-refractivity contribution in [1.29, 1.82) is 0 Å². The summed E-state index contributed by atoms with van der Waals surface area (Å²) in [6.45, 7) is 8.76. The zero-order valence-electron chi connectivity index (χ0n) is 18.8. The summed E-state index contributed by atoms with van der Waals surface area (Å²) in [6.07, 6.45) is 1.02. The lowest BCUT2D eigenvalue weighted by Gasteiger charge is -2.13. The van der Waals surface area contributed by atoms with Crippen molar-refractivity contribution in [3.05, 3.63) is 101 Å². The summed E-state index contributed by atoms with van der Waals surface area (Å²) >= 11 is 0. The summed E-state index contributed by atoms with van der Waals surface area (Å²) in [5.41, 5.74) is 14.6. The first-order valence-corrected chi connectivity index (χ1v) is 11.2. The fourth-order valence-electron chi connectivity index (χ4n) is 4.74. The van der Waals surface area contributed by atoms with E-state index in [1.807, 2.05) is 0 Å². The Morgan fingerprint density at radius 3 is 1.97 bits per heavy atom. The first-order chi connectivity index (χ1) is 15.0. The number of hydrogen-bond donors (Lipinski definition) is 1. The maximum atomic E-state index is 3.55. The second-order valence-electron chi connectivity index (χ2n) is 9.06. The Balaban J connectivity index is 1.58. The van der Waals surface area contributed by atoms with Crippen molar-refractivity contribution in [2.75, 3.05) is 5.32 Å². The van der Waals surface area contributed by atoms with Crippen LogP contribution in [0.5, 0.6) is 0 Å². The van der Waals surface area contributed by atoms with Crippen molar-refractivity contribution in [3.8, 4) is 33.4 Å². The van der Waals surface area contributed by atoms with Crippen molar-refractivity contribution >= 4 is 5.69 Å². The highest BCUT2D eigenvalue weighted by molar-refractivity contribution is 5.84. The van der Waals surface area contributed by atoms with E-state index in [-0.39, 0.29) is 0 Å². The van der Waals surface area contributed by atoms with Gasteiger partial charge >= 0.3 is 0 Å². The lowest BCUT2D eigenvalue weighted by molar-refractivity contribution is 0.900. The quantitative estimate of drug-likeness (QED) is 0.320. The Labute approximate surface area is 185 Å². The molecule has 0 atom stereocenters. The molecule has 0 radical (unpaired) electrons. The van der Waals surface area contributed by atoms with Gasteiger partial charge in [0.25, 0.3) is 0 Å². The SMILES string of the molecule is Cc1ccccc1-c1cc(-c2ccc3c(c2)-c2cc(NC(C)C)ccc2C3)ccc1C. The van der Waals surface area contributed by atoms with Gasteiger partial charge in [-0.15, -0.1) is 0 Å². The molecular formula is C30H29N. The van der Waals surface area contributed by atoms with Crippen LogP contribution in [0.1, 0.15) is 36.1 Å². The van der Waals surface area contributed by atoms with Crippen LogP contribution in [0.3, 0.4) is 0 Å². The molecule has 31 heavy (non-hydrogen) atoms. The summed E-state index contributed by atoms with van der Waals surface area (Å²) in [5, 5.41) is 3.55. The first-order valence-electron chi connectivity index (χ1n) is 11.2. The molecule has 0 saturated carbocycles. The molecule has 0 saturated heterocycles. The molecular weight excluding hydrogens is 374 g/mol. The number of aryl methyl sites for hydroxylation is 2. The summed E-state index contributed by atoms with van der Waals surface area (Å²) in [6, 6.07) is 29.7. The Hall–Kier alpha value is -3.32. The monoisotopic (exact) mass is 403 g/mol. The number of nitrogens with one attached hydrogen (secondary N) is 1. The van der Waals surface area contributed by atoms with Crippen molar-refractivity contribution in [2.24, 2.45) is 0 Å². The minimum absolute atomic E-state index is 0.428. The highest BCUT2D eigenvalue weighted by atomic mass is 14.9. The van der Waals surface area contributed by atoms with E-state index >= 15 is 0 Å². The van der Waals surface area contributed by atoms with E-state index in [0.717, 1.165) is 6.42 Å². The van der Waals surface area contributed by atoms with Gasteiger partial charge in [0, 0.05) is 11.7 Å². The average Bonchev–Trinajstić information content (AvgIpc) is 3.11. The van der Waals surface area contributed by atoms with Crippen molar-refractivity contribution in [1.82, 2.24) is 0 Å². The van der Waals surface area contributed by atoms with E-state index in [4.69, 9.17) is 0 Å². The van der Waals surface area contributed by atoms with Crippen molar-refractivity contribution < 1.29 is 0 Å². The van der Waals surface area contributed by atoms with E-state index in [9.17, 15) is 0 Å². The number of rotatable bonds is 4. The molecule has 154 valence electrons. The molecule has 1 heteroatoms. The molecule has 4 aromatic rings. The topological polar surface area (TPSA) is 12.0 Å². The number of fused-ring (bicyclic) bond motifs is 3. The normalized spacial score (nSPS) is 12.0. The molecule has 1 N–H and O–H groups in total. The molecule has 0 bridgehead atoms. The van der Waals surface area contributed by atoms with Gasteiger partial charge < -0.3 is 5.32 Å². The van der Waals surface area contributed by atoms with Crippen LogP contribution in [0.15, 0.2) is 78.9 Å². The van der Waals surface area contributed by atoms with Crippen LogP contribution in [0, 0.1) is 13.8 Å². The van der Waals surface area contributed by atoms with Gasteiger partial charge in [-0.1, -0.05) is 54.6 Å². The fourth-order valence-corrected chi connectivity index (χ4v) is 4.74. The molecule has 0 spiro atoms. The van der Waals surface area contributed by atoms with Crippen LogP contribution in [-0.2, 0) is 6.42 Å². The molecule has 0 aromatic heterocycles. The van der Waals surface area contributed by atoms with Gasteiger partial charge in [-0.3, -0.25) is 0 Å². The first kappa shape index (κ1) is 19.6. The Bertz CT molecular complexity index is 1280. The van der Waals surface area contributed by atoms with Gasteiger partial charge in [0.05, 0.1) is 0 Å². The highest BCUT2D eigenvalue weighted by Gasteiger charge is 2.20. The van der Waals surface area contributed by atoms with Crippen LogP contribution < -0.4 is 5.32 Å². The molecule has 1 aliphatic carbocycles. The van der Waals surface area contributed by atoms with Gasteiger partial charge in [-0.05, 0) is 114 Å². The second-order valence-corrected chi connectivity index (χ2v) is 9.06. The standard InChI is InChI=1S/C30H29N/c1-19(2)31-26-14-13-25-15-24-12-11-23(17-29(24)30(25)18-26)22-10-9-21(4)28(16-22)27-8-6-5-7-20(27)3/h5-14,16-19,31H,15H2,1-4H3.